The molecule has 4 aliphatic heterocycles. The lowest BCUT2D eigenvalue weighted by atomic mass is 9.96. The normalized spacial score (nSPS) is 23.6. The van der Waals surface area contributed by atoms with Crippen molar-refractivity contribution in [3.8, 4) is 0 Å². The highest BCUT2D eigenvalue weighted by Crippen LogP contribution is 2.36. The van der Waals surface area contributed by atoms with Gasteiger partial charge >= 0.3 is 6.09 Å². The third-order valence-corrected chi connectivity index (χ3v) is 7.40. The van der Waals surface area contributed by atoms with Gasteiger partial charge in [0.25, 0.3) is 11.8 Å². The van der Waals surface area contributed by atoms with Gasteiger partial charge in [0.05, 0.1) is 22.9 Å². The van der Waals surface area contributed by atoms with Crippen molar-refractivity contribution in [1.29, 1.82) is 0 Å². The molecule has 1 aromatic rings. The van der Waals surface area contributed by atoms with E-state index in [2.05, 4.69) is 20.4 Å². The molecule has 37 heavy (non-hydrogen) atoms. The van der Waals surface area contributed by atoms with Crippen molar-refractivity contribution in [3.05, 3.63) is 29.3 Å². The van der Waals surface area contributed by atoms with Crippen molar-refractivity contribution in [3.63, 3.8) is 0 Å². The average Bonchev–Trinajstić information content (AvgIpc) is 3.05. The van der Waals surface area contributed by atoms with E-state index in [9.17, 15) is 24.0 Å². The number of fused-ring (bicyclic) bond motifs is 1. The van der Waals surface area contributed by atoms with Crippen LogP contribution < -0.4 is 15.5 Å². The number of amides is 5. The number of carbonyl (C=O) groups excluding carboxylic acids is 5. The molecule has 1 atom stereocenters. The van der Waals surface area contributed by atoms with Crippen LogP contribution in [-0.2, 0) is 14.3 Å². The Morgan fingerprint density at radius 3 is 2.38 bits per heavy atom. The maximum Gasteiger partial charge on any atom is 0.407 e. The van der Waals surface area contributed by atoms with Crippen molar-refractivity contribution < 1.29 is 28.7 Å². The Bertz CT molecular complexity index is 1150. The molecule has 198 valence electrons. The summed E-state index contributed by atoms with van der Waals surface area (Å²) in [5, 5.41) is 5.15. The number of nitrogens with zero attached hydrogens (tertiary/aromatic N) is 3. The summed E-state index contributed by atoms with van der Waals surface area (Å²) in [5.41, 5.74) is 0.814. The lowest BCUT2D eigenvalue weighted by Crippen LogP contribution is -2.63. The maximum absolute atomic E-state index is 13.4. The number of hydrogen-bond acceptors (Lipinski definition) is 8. The first kappa shape index (κ1) is 25.2. The Morgan fingerprint density at radius 1 is 1.03 bits per heavy atom. The molecular weight excluding hydrogens is 478 g/mol. The van der Waals surface area contributed by atoms with E-state index < -0.39 is 41.4 Å². The van der Waals surface area contributed by atoms with Gasteiger partial charge in [-0.15, -0.1) is 0 Å². The summed E-state index contributed by atoms with van der Waals surface area (Å²) in [5.74, 6) is -1.97. The molecule has 4 heterocycles. The summed E-state index contributed by atoms with van der Waals surface area (Å²) >= 11 is 0. The van der Waals surface area contributed by atoms with Crippen molar-refractivity contribution >= 4 is 35.4 Å². The van der Waals surface area contributed by atoms with Crippen molar-refractivity contribution in [2.24, 2.45) is 0 Å². The van der Waals surface area contributed by atoms with E-state index in [1.54, 1.807) is 12.1 Å². The summed E-state index contributed by atoms with van der Waals surface area (Å²) in [6.45, 7) is 8.52. The van der Waals surface area contributed by atoms with Gasteiger partial charge in [-0.1, -0.05) is 6.07 Å². The summed E-state index contributed by atoms with van der Waals surface area (Å²) in [4.78, 5) is 67.9. The molecule has 1 aromatic carbocycles. The van der Waals surface area contributed by atoms with Crippen molar-refractivity contribution in [2.75, 3.05) is 31.1 Å². The van der Waals surface area contributed by atoms with Crippen LogP contribution >= 0.6 is 0 Å². The van der Waals surface area contributed by atoms with Crippen LogP contribution in [0.1, 0.15) is 67.2 Å². The molecular formula is C26H33N5O6. The lowest BCUT2D eigenvalue weighted by Gasteiger charge is -2.47. The summed E-state index contributed by atoms with van der Waals surface area (Å²) in [6, 6.07) is 4.71. The minimum absolute atomic E-state index is 0.0761. The fraction of sp³-hybridized carbons (Fsp3) is 0.577. The van der Waals surface area contributed by atoms with Crippen molar-refractivity contribution in [2.45, 2.75) is 70.2 Å². The van der Waals surface area contributed by atoms with Crippen molar-refractivity contribution in [1.82, 2.24) is 20.4 Å². The second-order valence-electron chi connectivity index (χ2n) is 11.2. The minimum atomic E-state index is -0.975. The highest BCUT2D eigenvalue weighted by atomic mass is 16.6. The number of alkyl carbamates (subject to hydrolysis) is 1. The van der Waals surface area contributed by atoms with E-state index in [0.29, 0.717) is 22.9 Å². The monoisotopic (exact) mass is 511 g/mol. The Balaban J connectivity index is 1.19. The predicted molar refractivity (Wildman–Crippen MR) is 133 cm³/mol. The fourth-order valence-corrected chi connectivity index (χ4v) is 5.61. The topological polar surface area (TPSA) is 128 Å². The van der Waals surface area contributed by atoms with Crippen LogP contribution in [0.2, 0.25) is 0 Å². The molecule has 0 bridgehead atoms. The number of likely N-dealkylation sites (tertiary alicyclic amines) is 1. The molecule has 5 amide bonds. The van der Waals surface area contributed by atoms with E-state index in [0.717, 1.165) is 43.9 Å². The zero-order chi connectivity index (χ0) is 26.5. The molecule has 11 heteroatoms. The minimum Gasteiger partial charge on any atom is -0.444 e. The molecule has 11 nitrogen and oxygen atoms in total. The molecule has 4 aliphatic rings. The van der Waals surface area contributed by atoms with E-state index in [-0.39, 0.29) is 18.9 Å². The predicted octanol–water partition coefficient (Wildman–Crippen LogP) is 1.27. The summed E-state index contributed by atoms with van der Waals surface area (Å²) < 4.78 is 5.33. The molecule has 3 saturated heterocycles. The second-order valence-corrected chi connectivity index (χ2v) is 11.2. The van der Waals surface area contributed by atoms with E-state index in [1.807, 2.05) is 26.8 Å². The van der Waals surface area contributed by atoms with E-state index in [1.165, 1.54) is 0 Å². The number of ether oxygens (including phenoxy) is 1. The number of imide groups is 2. The van der Waals surface area contributed by atoms with Crippen LogP contribution in [-0.4, -0.2) is 89.4 Å². The van der Waals surface area contributed by atoms with Gasteiger partial charge in [0.2, 0.25) is 11.8 Å². The zero-order valence-electron chi connectivity index (χ0n) is 21.4. The Labute approximate surface area is 215 Å². The Kier molecular flexibility index (Phi) is 6.43. The Morgan fingerprint density at radius 2 is 1.73 bits per heavy atom. The van der Waals surface area contributed by atoms with Gasteiger partial charge in [-0.2, -0.15) is 0 Å². The molecule has 0 radical (unpaired) electrons. The molecule has 3 fully saturated rings. The maximum atomic E-state index is 13.4. The first-order valence-corrected chi connectivity index (χ1v) is 12.8. The molecule has 0 aromatic heterocycles. The zero-order valence-corrected chi connectivity index (χ0v) is 21.4. The number of hydrogen-bond donors (Lipinski definition) is 2. The van der Waals surface area contributed by atoms with Gasteiger partial charge in [-0.3, -0.25) is 34.3 Å². The quantitative estimate of drug-likeness (QED) is 0.579. The first-order valence-electron chi connectivity index (χ1n) is 12.8. The van der Waals surface area contributed by atoms with E-state index in [4.69, 9.17) is 4.74 Å². The molecule has 5 rings (SSSR count). The van der Waals surface area contributed by atoms with Crippen LogP contribution in [0.15, 0.2) is 18.2 Å². The molecule has 0 aliphatic carbocycles. The van der Waals surface area contributed by atoms with Gasteiger partial charge in [-0.25, -0.2) is 4.79 Å². The number of piperidine rings is 2. The van der Waals surface area contributed by atoms with Crippen LogP contribution in [0.4, 0.5) is 10.5 Å². The van der Waals surface area contributed by atoms with Crippen LogP contribution in [0.5, 0.6) is 0 Å². The second kappa shape index (κ2) is 9.44. The number of anilines is 1. The molecule has 2 N–H and O–H groups in total. The molecule has 0 saturated carbocycles. The fourth-order valence-electron chi connectivity index (χ4n) is 5.61. The van der Waals surface area contributed by atoms with Crippen LogP contribution in [0.25, 0.3) is 0 Å². The van der Waals surface area contributed by atoms with Gasteiger partial charge in [0, 0.05) is 38.6 Å². The van der Waals surface area contributed by atoms with Gasteiger partial charge < -0.3 is 15.0 Å². The standard InChI is InChI=1S/C26H33N5O6/c1-26(2,3)37-25(36)27-15-13-30(14-15)16-9-11-29(12-10-16)18-6-4-5-17-21(18)24(35)31(23(17)34)19-7-8-20(32)28-22(19)33/h4-6,15-16,19H,7-14H2,1-3H3,(H,27,36)(H,28,32,33). The summed E-state index contributed by atoms with van der Waals surface area (Å²) in [6.07, 6.45) is 1.62. The SMILES string of the molecule is CC(C)(C)OC(=O)NC1CN(C2CCN(c3cccc4c3C(=O)N(C3CCC(=O)NC3=O)C4=O)CC2)C1. The first-order chi connectivity index (χ1) is 17.5. The number of benzene rings is 1. The van der Waals surface area contributed by atoms with Crippen LogP contribution in [0, 0.1) is 0 Å². The lowest BCUT2D eigenvalue weighted by molar-refractivity contribution is -0.136. The highest BCUT2D eigenvalue weighted by Gasteiger charge is 2.46. The summed E-state index contributed by atoms with van der Waals surface area (Å²) in [7, 11) is 0. The number of rotatable bonds is 4. The average molecular weight is 512 g/mol. The smallest absolute Gasteiger partial charge is 0.407 e. The van der Waals surface area contributed by atoms with Gasteiger partial charge in [0.15, 0.2) is 0 Å². The van der Waals surface area contributed by atoms with Gasteiger partial charge in [-0.05, 0) is 52.2 Å². The molecule has 0 spiro atoms. The Hall–Kier alpha value is -3.47. The molecule has 1 unspecified atom stereocenters. The number of nitrogens with one attached hydrogen (secondary N) is 2. The highest BCUT2D eigenvalue weighted by molar-refractivity contribution is 6.25. The van der Waals surface area contributed by atoms with E-state index >= 15 is 0 Å². The van der Waals surface area contributed by atoms with Gasteiger partial charge in [0.1, 0.15) is 11.6 Å². The van der Waals surface area contributed by atoms with Crippen LogP contribution in [0.3, 0.4) is 0 Å². The largest absolute Gasteiger partial charge is 0.444 e. The third-order valence-electron chi connectivity index (χ3n) is 7.40. The third kappa shape index (κ3) is 4.92. The number of carbonyl (C=O) groups is 5.